The monoisotopic (exact) mass is 424 g/mol. The van der Waals surface area contributed by atoms with Crippen LogP contribution in [-0.4, -0.2) is 54.9 Å². The van der Waals surface area contributed by atoms with E-state index in [1.54, 1.807) is 12.0 Å². The maximum atomic E-state index is 12.6. The van der Waals surface area contributed by atoms with Gasteiger partial charge >= 0.3 is 0 Å². The lowest BCUT2D eigenvalue weighted by atomic mass is 9.76. The number of amides is 2. The summed E-state index contributed by atoms with van der Waals surface area (Å²) in [5.74, 6) is 2.55. The highest BCUT2D eigenvalue weighted by molar-refractivity contribution is 5.98. The Balaban J connectivity index is 1.08. The molecule has 3 fully saturated rings. The number of benzene rings is 1. The van der Waals surface area contributed by atoms with Crippen LogP contribution in [0.2, 0.25) is 0 Å². The highest BCUT2D eigenvalue weighted by Gasteiger charge is 2.44. The molecule has 1 spiro atoms. The SMILES string of the molecule is COc1cccc2c1C1CCN(CCCCN3C(=O)CC4(CCCC4)CC3=O)C[C@H]1C2. The standard InChI is InChI=1S/C26H36N2O3/c1-31-22-8-6-7-19-15-20-18-27(14-9-21(20)25(19)22)12-4-5-13-28-23(29)16-26(17-24(28)30)10-2-3-11-26/h6-8,20-21H,2-5,9-18H2,1H3/t20-,21?/m1/s1. The summed E-state index contributed by atoms with van der Waals surface area (Å²) in [6.45, 7) is 3.95. The number of rotatable bonds is 6. The average molecular weight is 425 g/mol. The molecule has 5 nitrogen and oxygen atoms in total. The summed E-state index contributed by atoms with van der Waals surface area (Å²) < 4.78 is 5.64. The zero-order valence-electron chi connectivity index (χ0n) is 18.9. The molecule has 2 atom stereocenters. The number of imide groups is 1. The Morgan fingerprint density at radius 2 is 1.81 bits per heavy atom. The Labute approximate surface area is 186 Å². The predicted molar refractivity (Wildman–Crippen MR) is 120 cm³/mol. The largest absolute Gasteiger partial charge is 0.496 e. The average Bonchev–Trinajstić information content (AvgIpc) is 3.36. The van der Waals surface area contributed by atoms with Gasteiger partial charge in [-0.05, 0) is 80.5 Å². The van der Waals surface area contributed by atoms with E-state index >= 15 is 0 Å². The van der Waals surface area contributed by atoms with Crippen LogP contribution in [0, 0.1) is 11.3 Å². The van der Waals surface area contributed by atoms with Crippen LogP contribution in [0.25, 0.3) is 0 Å². The van der Waals surface area contributed by atoms with Crippen LogP contribution in [0.3, 0.4) is 0 Å². The van der Waals surface area contributed by atoms with Crippen LogP contribution < -0.4 is 4.74 Å². The van der Waals surface area contributed by atoms with Crippen LogP contribution in [-0.2, 0) is 16.0 Å². The number of fused-ring (bicyclic) bond motifs is 3. The lowest BCUT2D eigenvalue weighted by Gasteiger charge is -2.37. The van der Waals surface area contributed by atoms with Gasteiger partial charge in [-0.15, -0.1) is 0 Å². The van der Waals surface area contributed by atoms with E-state index < -0.39 is 0 Å². The first-order valence-electron chi connectivity index (χ1n) is 12.3. The Bertz CT molecular complexity index is 825. The van der Waals surface area contributed by atoms with Crippen molar-refractivity contribution in [3.05, 3.63) is 29.3 Å². The lowest BCUT2D eigenvalue weighted by molar-refractivity contribution is -0.153. The number of ether oxygens (including phenoxy) is 1. The molecule has 2 heterocycles. The fourth-order valence-corrected chi connectivity index (χ4v) is 6.91. The van der Waals surface area contributed by atoms with Crippen molar-refractivity contribution < 1.29 is 14.3 Å². The van der Waals surface area contributed by atoms with Gasteiger partial charge in [-0.25, -0.2) is 0 Å². The summed E-state index contributed by atoms with van der Waals surface area (Å²) in [4.78, 5) is 29.4. The molecule has 2 amide bonds. The van der Waals surface area contributed by atoms with Crippen molar-refractivity contribution in [3.8, 4) is 5.75 Å². The molecule has 2 aliphatic heterocycles. The number of carbonyl (C=O) groups is 2. The van der Waals surface area contributed by atoms with Crippen molar-refractivity contribution in [1.82, 2.24) is 9.80 Å². The summed E-state index contributed by atoms with van der Waals surface area (Å²) >= 11 is 0. The van der Waals surface area contributed by atoms with Crippen molar-refractivity contribution in [2.75, 3.05) is 33.3 Å². The third-order valence-corrected chi connectivity index (χ3v) is 8.47. The molecule has 1 aromatic rings. The van der Waals surface area contributed by atoms with Crippen molar-refractivity contribution in [2.45, 2.75) is 70.1 Å². The van der Waals surface area contributed by atoms with E-state index in [9.17, 15) is 9.59 Å². The number of unbranched alkanes of at least 4 members (excludes halogenated alkanes) is 1. The van der Waals surface area contributed by atoms with Crippen LogP contribution in [0.4, 0.5) is 0 Å². The van der Waals surface area contributed by atoms with Crippen LogP contribution in [0.15, 0.2) is 18.2 Å². The summed E-state index contributed by atoms with van der Waals surface area (Å²) in [5.41, 5.74) is 2.94. The number of carbonyl (C=O) groups excluding carboxylic acids is 2. The maximum absolute atomic E-state index is 12.6. The molecule has 31 heavy (non-hydrogen) atoms. The molecule has 0 bridgehead atoms. The number of piperidine rings is 2. The van der Waals surface area contributed by atoms with Gasteiger partial charge in [0.05, 0.1) is 7.11 Å². The molecule has 5 rings (SSSR count). The van der Waals surface area contributed by atoms with Crippen LogP contribution >= 0.6 is 0 Å². The normalized spacial score (nSPS) is 27.6. The number of nitrogens with zero attached hydrogens (tertiary/aromatic N) is 2. The van der Waals surface area contributed by atoms with Gasteiger partial charge in [0, 0.05) is 31.5 Å². The third kappa shape index (κ3) is 4.02. The highest BCUT2D eigenvalue weighted by atomic mass is 16.5. The molecular formula is C26H36N2O3. The minimum atomic E-state index is 0.0105. The Hall–Kier alpha value is -1.88. The number of methoxy groups -OCH3 is 1. The van der Waals surface area contributed by atoms with E-state index in [-0.39, 0.29) is 17.2 Å². The van der Waals surface area contributed by atoms with E-state index in [2.05, 4.69) is 23.1 Å². The van der Waals surface area contributed by atoms with Crippen LogP contribution in [0.5, 0.6) is 5.75 Å². The first kappa shape index (κ1) is 21.0. The molecule has 5 heteroatoms. The fraction of sp³-hybridized carbons (Fsp3) is 0.692. The molecule has 0 N–H and O–H groups in total. The van der Waals surface area contributed by atoms with Crippen molar-refractivity contribution in [3.63, 3.8) is 0 Å². The lowest BCUT2D eigenvalue weighted by Crippen LogP contribution is -2.47. The van der Waals surface area contributed by atoms with Gasteiger partial charge in [0.2, 0.25) is 11.8 Å². The van der Waals surface area contributed by atoms with Gasteiger partial charge in [0.25, 0.3) is 0 Å². The molecule has 1 unspecified atom stereocenters. The first-order chi connectivity index (χ1) is 15.1. The quantitative estimate of drug-likeness (QED) is 0.509. The Kier molecular flexibility index (Phi) is 5.80. The summed E-state index contributed by atoms with van der Waals surface area (Å²) in [5, 5.41) is 0. The van der Waals surface area contributed by atoms with Crippen molar-refractivity contribution in [1.29, 1.82) is 0 Å². The van der Waals surface area contributed by atoms with Crippen molar-refractivity contribution >= 4 is 11.8 Å². The van der Waals surface area contributed by atoms with E-state index in [4.69, 9.17) is 4.74 Å². The zero-order chi connectivity index (χ0) is 21.4. The predicted octanol–water partition coefficient (Wildman–Crippen LogP) is 4.15. The Morgan fingerprint density at radius 3 is 2.55 bits per heavy atom. The van der Waals surface area contributed by atoms with Crippen LogP contribution in [0.1, 0.15) is 74.8 Å². The summed E-state index contributed by atoms with van der Waals surface area (Å²) in [6, 6.07) is 6.48. The minimum absolute atomic E-state index is 0.0105. The molecule has 2 aliphatic carbocycles. The van der Waals surface area contributed by atoms with Gasteiger partial charge in [0.15, 0.2) is 0 Å². The second kappa shape index (κ2) is 8.57. The topological polar surface area (TPSA) is 49.9 Å². The summed E-state index contributed by atoms with van der Waals surface area (Å²) in [7, 11) is 1.78. The van der Waals surface area contributed by atoms with Gasteiger partial charge in [-0.3, -0.25) is 14.5 Å². The Morgan fingerprint density at radius 1 is 1.06 bits per heavy atom. The molecule has 1 saturated carbocycles. The molecular weight excluding hydrogens is 388 g/mol. The van der Waals surface area contributed by atoms with E-state index in [1.165, 1.54) is 30.4 Å². The highest BCUT2D eigenvalue weighted by Crippen LogP contribution is 2.48. The van der Waals surface area contributed by atoms with E-state index in [0.29, 0.717) is 31.2 Å². The van der Waals surface area contributed by atoms with Gasteiger partial charge < -0.3 is 9.64 Å². The van der Waals surface area contributed by atoms with E-state index in [0.717, 1.165) is 57.5 Å². The molecule has 4 aliphatic rings. The first-order valence-corrected chi connectivity index (χ1v) is 12.3. The maximum Gasteiger partial charge on any atom is 0.229 e. The second-order valence-electron chi connectivity index (χ2n) is 10.4. The minimum Gasteiger partial charge on any atom is -0.496 e. The molecule has 0 aromatic heterocycles. The van der Waals surface area contributed by atoms with E-state index in [1.807, 2.05) is 0 Å². The number of hydrogen-bond donors (Lipinski definition) is 0. The third-order valence-electron chi connectivity index (χ3n) is 8.47. The smallest absolute Gasteiger partial charge is 0.229 e. The molecule has 0 radical (unpaired) electrons. The van der Waals surface area contributed by atoms with Gasteiger partial charge in [0.1, 0.15) is 5.75 Å². The zero-order valence-corrected chi connectivity index (χ0v) is 18.9. The molecule has 1 aromatic carbocycles. The molecule has 168 valence electrons. The number of likely N-dealkylation sites (tertiary alicyclic amines) is 2. The molecule has 2 saturated heterocycles. The second-order valence-corrected chi connectivity index (χ2v) is 10.4. The van der Waals surface area contributed by atoms with Gasteiger partial charge in [-0.2, -0.15) is 0 Å². The fourth-order valence-electron chi connectivity index (χ4n) is 6.91. The summed E-state index contributed by atoms with van der Waals surface area (Å²) in [6.07, 6.45) is 9.99. The van der Waals surface area contributed by atoms with Gasteiger partial charge in [-0.1, -0.05) is 25.0 Å². The number of hydrogen-bond acceptors (Lipinski definition) is 4. The van der Waals surface area contributed by atoms with Crippen molar-refractivity contribution in [2.24, 2.45) is 11.3 Å².